The number of halogens is 1. The van der Waals surface area contributed by atoms with E-state index in [-0.39, 0.29) is 108 Å². The molecule has 2 aromatic carbocycles. The summed E-state index contributed by atoms with van der Waals surface area (Å²) >= 11 is 0. The van der Waals surface area contributed by atoms with Crippen molar-refractivity contribution < 1.29 is 151 Å². The Morgan fingerprint density at radius 1 is 0.639 bits per heavy atom. The molecule has 3 aliphatic rings. The highest BCUT2D eigenvalue weighted by Gasteiger charge is 2.46. The zero-order valence-electron chi connectivity index (χ0n) is 70.1. The van der Waals surface area contributed by atoms with Crippen LogP contribution in [0.15, 0.2) is 41.2 Å². The molecule has 2 aromatic heterocycles. The Hall–Kier alpha value is -7.12. The summed E-state index contributed by atoms with van der Waals surface area (Å²) in [7, 11) is 0. The summed E-state index contributed by atoms with van der Waals surface area (Å²) in [6, 6.07) is 7.10. The van der Waals surface area contributed by atoms with Crippen LogP contribution in [0.5, 0.6) is 0 Å². The first-order valence-electron chi connectivity index (χ1n) is 41.5. The standard InChI is InChI=1S/C82H127FN8O31/c1-5-82(108)58-42-63-72-56(44-91(63)79(105)57(58)50-121-80(82)106)70-60(14-13-55-52(4)59(83)43-62(87-72)69(55)70)89-81(107)122-49-53-9-11-54(12-10-53)86-77(103)61(88-78(104)71(84)51(2)3)8-6-7-16-85-68(98)15-18-109-20-22-111-24-26-113-28-30-115-32-34-117-36-38-119-40-41-120-39-37-118-35-33-116-31-29-114-27-25-112-23-21-110-19-17-90(45-64(94)73(99)75(101)66(96)47-92)46-65(95)74(100)76(102)67(97)48-93/h9-12,42-43,51,60-61,64-67,71,73-76,92-97,99-102,108H,5-8,13-41,44-50,84H2,1-4H3,(H,85,98)(H,86,103)(H,88,104)(H,89,107)/t60-,61-,64-,65-,66+,67+,71-,73+,74+,75+,76+,82-/m0/s1. The van der Waals surface area contributed by atoms with Gasteiger partial charge in [-0.05, 0) is 91.8 Å². The van der Waals surface area contributed by atoms with Crippen LogP contribution >= 0.6 is 0 Å². The van der Waals surface area contributed by atoms with Gasteiger partial charge in [-0.15, -0.1) is 0 Å². The van der Waals surface area contributed by atoms with Crippen LogP contribution < -0.4 is 32.6 Å². The molecule has 4 amide bonds. The molecule has 0 unspecified atom stereocenters. The SMILES string of the molecule is CC[C@@]1(O)C(=O)OCc2c1cc1n(c2=O)Cc2c-1nc1cc(F)c(C)c3c1c2[C@@H](NC(=O)OCc1ccc(NC(=O)[C@H](CCCCNC(=O)CCOCCOCCOCCOCCOCCOCCOCCOCCOCCOCCOCCOCCN(C[C@H](O)[C@@H](O)[C@H](O)[C@H](O)CO)C[C@H](O)[C@@H](O)[C@H](O)[C@H](O)CO)NC(=O)[C@@H](N)C(C)C)cc1)CC3. The fraction of sp³-hybridized carbons (Fsp3) is 0.695. The van der Waals surface area contributed by atoms with E-state index in [0.29, 0.717) is 201 Å². The van der Waals surface area contributed by atoms with Crippen molar-refractivity contribution in [1.29, 1.82) is 0 Å². The number of nitrogens with zero attached hydrogens (tertiary/aromatic N) is 3. The molecule has 0 saturated carbocycles. The number of nitrogens with two attached hydrogens (primary N) is 1. The van der Waals surface area contributed by atoms with Gasteiger partial charge >= 0.3 is 12.1 Å². The van der Waals surface area contributed by atoms with Crippen molar-refractivity contribution in [2.45, 2.75) is 165 Å². The Labute approximate surface area is 707 Å². The Morgan fingerprint density at radius 2 is 1.11 bits per heavy atom. The van der Waals surface area contributed by atoms with Crippen molar-refractivity contribution in [2.75, 3.05) is 203 Å². The minimum Gasteiger partial charge on any atom is -0.458 e. The molecule has 688 valence electrons. The number of carbonyl (C=O) groups is 5. The van der Waals surface area contributed by atoms with Crippen LogP contribution in [0.3, 0.4) is 0 Å². The van der Waals surface area contributed by atoms with Crippen LogP contribution in [0.25, 0.3) is 22.3 Å². The second-order valence-electron chi connectivity index (χ2n) is 29.9. The number of aliphatic hydroxyl groups is 11. The third-order valence-electron chi connectivity index (χ3n) is 20.8. The predicted molar refractivity (Wildman–Crippen MR) is 433 cm³/mol. The van der Waals surface area contributed by atoms with Gasteiger partial charge in [0.2, 0.25) is 17.7 Å². The topological polar surface area (TPSA) is 549 Å². The smallest absolute Gasteiger partial charge is 0.407 e. The largest absolute Gasteiger partial charge is 0.458 e. The van der Waals surface area contributed by atoms with Crippen LogP contribution in [0, 0.1) is 18.7 Å². The number of pyridine rings is 2. The minimum absolute atomic E-state index is 0.00925. The number of anilines is 1. The molecular weight excluding hydrogens is 1610 g/mol. The highest BCUT2D eigenvalue weighted by molar-refractivity contribution is 5.98. The van der Waals surface area contributed by atoms with Crippen LogP contribution in [-0.2, 0) is 117 Å². The molecule has 0 saturated heterocycles. The van der Waals surface area contributed by atoms with Gasteiger partial charge < -0.3 is 154 Å². The molecule has 122 heavy (non-hydrogen) atoms. The first-order valence-corrected chi connectivity index (χ1v) is 41.5. The number of carbonyl (C=O) groups excluding carboxylic acids is 5. The van der Waals surface area contributed by atoms with Crippen molar-refractivity contribution in [3.05, 3.63) is 91.5 Å². The number of aryl methyl sites for hydroxylation is 1. The monoisotopic (exact) mass is 1740 g/mol. The third kappa shape index (κ3) is 32.1. The Kier molecular flexibility index (Phi) is 45.7. The maximum Gasteiger partial charge on any atom is 0.407 e. The fourth-order valence-electron chi connectivity index (χ4n) is 13.6. The average Bonchev–Trinajstić information content (AvgIpc) is 1.52. The number of unbranched alkanes of at least 4 members (excludes halogenated alkanes) is 1. The van der Waals surface area contributed by atoms with Crippen LogP contribution in [0.4, 0.5) is 14.9 Å². The molecule has 1 aliphatic carbocycles. The molecule has 40 heteroatoms. The van der Waals surface area contributed by atoms with Crippen molar-refractivity contribution in [3.63, 3.8) is 0 Å². The number of cyclic esters (lactones) is 1. The van der Waals surface area contributed by atoms with Gasteiger partial charge in [-0.2, -0.15) is 0 Å². The van der Waals surface area contributed by atoms with Crippen molar-refractivity contribution in [3.8, 4) is 11.4 Å². The maximum atomic E-state index is 15.5. The fourth-order valence-corrected chi connectivity index (χ4v) is 13.6. The van der Waals surface area contributed by atoms with E-state index in [0.717, 1.165) is 5.56 Å². The molecule has 7 rings (SSSR count). The summed E-state index contributed by atoms with van der Waals surface area (Å²) in [5, 5.41) is 122. The normalized spacial score (nSPS) is 17.4. The first kappa shape index (κ1) is 102. The second kappa shape index (κ2) is 54.7. The number of ether oxygens (including phenoxy) is 14. The van der Waals surface area contributed by atoms with E-state index < -0.39 is 134 Å². The Bertz CT molecular complexity index is 3840. The summed E-state index contributed by atoms with van der Waals surface area (Å²) in [6.07, 6.45) is -13.1. The Balaban J connectivity index is 0.629. The molecule has 12 atom stereocenters. The number of nitrogens with one attached hydrogen (secondary N) is 4. The summed E-state index contributed by atoms with van der Waals surface area (Å²) < 4.78 is 94.3. The highest BCUT2D eigenvalue weighted by Crippen LogP contribution is 2.46. The van der Waals surface area contributed by atoms with Gasteiger partial charge in [0.05, 0.1) is 225 Å². The lowest BCUT2D eigenvalue weighted by molar-refractivity contribution is -0.172. The second-order valence-corrected chi connectivity index (χ2v) is 29.9. The Morgan fingerprint density at radius 3 is 1.59 bits per heavy atom. The molecule has 4 aromatic rings. The number of aliphatic hydroxyl groups excluding tert-OH is 10. The zero-order valence-corrected chi connectivity index (χ0v) is 70.1. The van der Waals surface area contributed by atoms with Crippen molar-refractivity contribution in [1.82, 2.24) is 30.4 Å². The number of fused-ring (bicyclic) bond motifs is 5. The molecular formula is C82H127FN8O31. The van der Waals surface area contributed by atoms with Gasteiger partial charge in [0.25, 0.3) is 5.56 Å². The van der Waals surface area contributed by atoms with Crippen LogP contribution in [-0.4, -0.2) is 359 Å². The summed E-state index contributed by atoms with van der Waals surface area (Å²) in [5.41, 5.74) is 8.50. The number of hydrogen-bond acceptors (Lipinski definition) is 34. The van der Waals surface area contributed by atoms with E-state index in [9.17, 15) is 74.7 Å². The van der Waals surface area contributed by atoms with Crippen LogP contribution in [0.2, 0.25) is 0 Å². The quantitative estimate of drug-likeness (QED) is 0.0146. The summed E-state index contributed by atoms with van der Waals surface area (Å²) in [6.45, 7) is 12.1. The lowest BCUT2D eigenvalue weighted by atomic mass is 9.81. The van der Waals surface area contributed by atoms with Gasteiger partial charge in [-0.3, -0.25) is 24.1 Å². The first-order chi connectivity index (χ1) is 58.7. The van der Waals surface area contributed by atoms with E-state index in [1.54, 1.807) is 58.0 Å². The molecule has 0 radical (unpaired) electrons. The van der Waals surface area contributed by atoms with Crippen molar-refractivity contribution >= 4 is 46.4 Å². The number of esters is 1. The predicted octanol–water partition coefficient (Wildman–Crippen LogP) is -2.10. The van der Waals surface area contributed by atoms with Gasteiger partial charge in [0.15, 0.2) is 5.60 Å². The van der Waals surface area contributed by atoms with Gasteiger partial charge in [0, 0.05) is 60.9 Å². The lowest BCUT2D eigenvalue weighted by Gasteiger charge is -2.33. The number of amides is 4. The van der Waals surface area contributed by atoms with Crippen molar-refractivity contribution in [2.24, 2.45) is 11.7 Å². The number of rotatable bonds is 65. The molecule has 0 fully saturated rings. The minimum atomic E-state index is -2.05. The van der Waals surface area contributed by atoms with E-state index in [2.05, 4.69) is 21.3 Å². The summed E-state index contributed by atoms with van der Waals surface area (Å²) in [5.74, 6) is -2.68. The maximum absolute atomic E-state index is 15.5. The van der Waals surface area contributed by atoms with Crippen LogP contribution in [0.1, 0.15) is 104 Å². The van der Waals surface area contributed by atoms with E-state index in [4.69, 9.17) is 87.2 Å². The molecule has 39 nitrogen and oxygen atoms in total. The zero-order chi connectivity index (χ0) is 88.5. The van der Waals surface area contributed by atoms with E-state index in [1.807, 2.05) is 0 Å². The molecule has 17 N–H and O–H groups in total. The number of alkyl carbamates (subject to hydrolysis) is 1. The molecule has 4 heterocycles. The number of hydrogen-bond donors (Lipinski definition) is 16. The molecule has 0 bridgehead atoms. The number of aromatic nitrogens is 2. The third-order valence-corrected chi connectivity index (χ3v) is 20.8. The average molecular weight is 1740 g/mol. The summed E-state index contributed by atoms with van der Waals surface area (Å²) in [4.78, 5) is 86.3. The molecule has 0 spiro atoms. The highest BCUT2D eigenvalue weighted by atomic mass is 19.1. The van der Waals surface area contributed by atoms with Gasteiger partial charge in [0.1, 0.15) is 61.7 Å². The van der Waals surface area contributed by atoms with E-state index >= 15 is 4.39 Å². The number of benzene rings is 2. The van der Waals surface area contributed by atoms with E-state index in [1.165, 1.54) is 15.5 Å². The lowest BCUT2D eigenvalue weighted by Crippen LogP contribution is -2.53. The van der Waals surface area contributed by atoms with Gasteiger partial charge in [-0.1, -0.05) is 32.9 Å². The molecule has 2 aliphatic heterocycles. The van der Waals surface area contributed by atoms with Gasteiger partial charge in [-0.25, -0.2) is 19.0 Å².